The Morgan fingerprint density at radius 1 is 1.40 bits per heavy atom. The van der Waals surface area contributed by atoms with Gasteiger partial charge in [-0.25, -0.2) is 4.98 Å². The Balaban J connectivity index is 2.13. The van der Waals surface area contributed by atoms with Crippen molar-refractivity contribution >= 4 is 27.7 Å². The zero-order valence-electron chi connectivity index (χ0n) is 12.0. The Kier molecular flexibility index (Phi) is 5.00. The molecule has 1 N–H and O–H groups in total. The molecule has 0 aromatic carbocycles. The van der Waals surface area contributed by atoms with Crippen LogP contribution in [0.5, 0.6) is 0 Å². The van der Waals surface area contributed by atoms with Gasteiger partial charge in [0.15, 0.2) is 0 Å². The van der Waals surface area contributed by atoms with Crippen LogP contribution in [0.15, 0.2) is 27.2 Å². The molecule has 0 radical (unpaired) electrons. The van der Waals surface area contributed by atoms with Crippen LogP contribution in [0, 0.1) is 6.92 Å². The summed E-state index contributed by atoms with van der Waals surface area (Å²) >= 11 is 3.49. The highest BCUT2D eigenvalue weighted by Crippen LogP contribution is 2.25. The lowest BCUT2D eigenvalue weighted by Crippen LogP contribution is -2.19. The molecule has 0 saturated heterocycles. The van der Waals surface area contributed by atoms with Crippen LogP contribution in [0.3, 0.4) is 0 Å². The second kappa shape index (κ2) is 6.74. The maximum Gasteiger partial charge on any atom is 0.224 e. The zero-order valence-corrected chi connectivity index (χ0v) is 13.6. The van der Waals surface area contributed by atoms with Crippen LogP contribution in [-0.2, 0) is 6.54 Å². The lowest BCUT2D eigenvalue weighted by atomic mass is 10.4. The van der Waals surface area contributed by atoms with Crippen molar-refractivity contribution in [3.63, 3.8) is 0 Å². The topological polar surface area (TPSA) is 54.2 Å². The van der Waals surface area contributed by atoms with Crippen molar-refractivity contribution in [2.45, 2.75) is 26.8 Å². The molecule has 108 valence electrons. The van der Waals surface area contributed by atoms with Crippen molar-refractivity contribution in [2.75, 3.05) is 23.8 Å². The average molecular weight is 339 g/mol. The van der Waals surface area contributed by atoms with E-state index in [2.05, 4.69) is 38.1 Å². The molecule has 0 aliphatic carbocycles. The first-order valence-corrected chi connectivity index (χ1v) is 7.42. The molecule has 20 heavy (non-hydrogen) atoms. The minimum Gasteiger partial charge on any atom is -0.464 e. The van der Waals surface area contributed by atoms with Gasteiger partial charge in [-0.15, -0.1) is 0 Å². The van der Waals surface area contributed by atoms with Gasteiger partial charge in [-0.2, -0.15) is 4.98 Å². The van der Waals surface area contributed by atoms with E-state index in [1.165, 1.54) is 0 Å². The normalized spacial score (nSPS) is 10.6. The Morgan fingerprint density at radius 2 is 2.20 bits per heavy atom. The summed E-state index contributed by atoms with van der Waals surface area (Å²) in [4.78, 5) is 10.8. The number of aryl methyl sites for hydroxylation is 1. The van der Waals surface area contributed by atoms with Crippen LogP contribution in [0.2, 0.25) is 0 Å². The van der Waals surface area contributed by atoms with E-state index in [9.17, 15) is 0 Å². The van der Waals surface area contributed by atoms with E-state index in [1.54, 1.807) is 6.20 Å². The first kappa shape index (κ1) is 14.8. The minimum atomic E-state index is 0.646. The second-order valence-corrected chi connectivity index (χ2v) is 5.51. The molecule has 2 rings (SSSR count). The highest BCUT2D eigenvalue weighted by atomic mass is 79.9. The van der Waals surface area contributed by atoms with E-state index >= 15 is 0 Å². The van der Waals surface area contributed by atoms with Crippen molar-refractivity contribution < 1.29 is 4.42 Å². The summed E-state index contributed by atoms with van der Waals surface area (Å²) in [6.45, 7) is 5.58. The van der Waals surface area contributed by atoms with Crippen LogP contribution in [0.1, 0.15) is 24.9 Å². The van der Waals surface area contributed by atoms with Gasteiger partial charge in [0.1, 0.15) is 17.3 Å². The minimum absolute atomic E-state index is 0.646. The smallest absolute Gasteiger partial charge is 0.224 e. The van der Waals surface area contributed by atoms with Gasteiger partial charge in [0.25, 0.3) is 0 Å². The number of hydrogen-bond donors (Lipinski definition) is 1. The largest absolute Gasteiger partial charge is 0.464 e. The number of rotatable bonds is 6. The lowest BCUT2D eigenvalue weighted by molar-refractivity contribution is 0.481. The third-order valence-electron chi connectivity index (χ3n) is 2.81. The summed E-state index contributed by atoms with van der Waals surface area (Å²) in [5.74, 6) is 3.32. The van der Waals surface area contributed by atoms with Gasteiger partial charge in [-0.3, -0.25) is 0 Å². The van der Waals surface area contributed by atoms with Gasteiger partial charge in [-0.1, -0.05) is 6.92 Å². The number of halogens is 1. The average Bonchev–Trinajstić information content (AvgIpc) is 2.83. The van der Waals surface area contributed by atoms with Crippen LogP contribution < -0.4 is 10.2 Å². The molecule has 0 unspecified atom stereocenters. The summed E-state index contributed by atoms with van der Waals surface area (Å²) in [7, 11) is 1.98. The van der Waals surface area contributed by atoms with Gasteiger partial charge in [0.05, 0.1) is 11.0 Å². The van der Waals surface area contributed by atoms with Crippen molar-refractivity contribution in [3.05, 3.63) is 34.3 Å². The van der Waals surface area contributed by atoms with Crippen LogP contribution in [0.4, 0.5) is 11.8 Å². The number of aromatic nitrogens is 2. The molecule has 6 heteroatoms. The molecular formula is C14H19BrN4O. The highest BCUT2D eigenvalue weighted by Gasteiger charge is 2.12. The van der Waals surface area contributed by atoms with Crippen LogP contribution >= 0.6 is 15.9 Å². The maximum atomic E-state index is 5.59. The van der Waals surface area contributed by atoms with E-state index in [-0.39, 0.29) is 0 Å². The van der Waals surface area contributed by atoms with Crippen molar-refractivity contribution in [1.29, 1.82) is 0 Å². The number of anilines is 2. The molecule has 2 aromatic rings. The molecule has 0 aliphatic heterocycles. The molecule has 0 bridgehead atoms. The molecule has 0 aliphatic rings. The maximum absolute atomic E-state index is 5.59. The molecular weight excluding hydrogens is 320 g/mol. The Hall–Kier alpha value is -1.56. The molecule has 2 aromatic heterocycles. The lowest BCUT2D eigenvalue weighted by Gasteiger charge is -2.18. The standard InChI is InChI=1S/C14H19BrN4O/c1-4-7-16-14-17-8-12(15)13(18-14)19(3)9-11-6-5-10(2)20-11/h5-6,8H,4,7,9H2,1-3H3,(H,16,17,18). The summed E-state index contributed by atoms with van der Waals surface area (Å²) in [6, 6.07) is 3.95. The van der Waals surface area contributed by atoms with Crippen molar-refractivity contribution in [1.82, 2.24) is 9.97 Å². The molecule has 0 fully saturated rings. The van der Waals surface area contributed by atoms with Crippen LogP contribution in [-0.4, -0.2) is 23.6 Å². The molecule has 0 amide bonds. The first-order valence-electron chi connectivity index (χ1n) is 6.63. The predicted octanol–water partition coefficient (Wildman–Crippen LogP) is 3.60. The van der Waals surface area contributed by atoms with E-state index in [4.69, 9.17) is 4.42 Å². The highest BCUT2D eigenvalue weighted by molar-refractivity contribution is 9.10. The SMILES string of the molecule is CCCNc1ncc(Br)c(N(C)Cc2ccc(C)o2)n1. The van der Waals surface area contributed by atoms with Gasteiger partial charge in [0, 0.05) is 19.8 Å². The fourth-order valence-corrected chi connectivity index (χ4v) is 2.32. The van der Waals surface area contributed by atoms with Crippen molar-refractivity contribution in [2.24, 2.45) is 0 Å². The summed E-state index contributed by atoms with van der Waals surface area (Å²) in [5.41, 5.74) is 0. The fourth-order valence-electron chi connectivity index (χ4n) is 1.83. The number of nitrogens with one attached hydrogen (secondary N) is 1. The molecule has 0 atom stereocenters. The Morgan fingerprint density at radius 3 is 2.85 bits per heavy atom. The summed E-state index contributed by atoms with van der Waals surface area (Å²) in [5, 5.41) is 3.19. The number of furan rings is 1. The van der Waals surface area contributed by atoms with E-state index < -0.39 is 0 Å². The van der Waals surface area contributed by atoms with E-state index in [0.717, 1.165) is 34.8 Å². The van der Waals surface area contributed by atoms with Gasteiger partial charge < -0.3 is 14.6 Å². The van der Waals surface area contributed by atoms with Crippen LogP contribution in [0.25, 0.3) is 0 Å². The fraction of sp³-hybridized carbons (Fsp3) is 0.429. The molecule has 0 saturated carbocycles. The first-order chi connectivity index (χ1) is 9.60. The third kappa shape index (κ3) is 3.72. The monoisotopic (exact) mass is 338 g/mol. The third-order valence-corrected chi connectivity index (χ3v) is 3.37. The zero-order chi connectivity index (χ0) is 14.5. The molecule has 5 nitrogen and oxygen atoms in total. The van der Waals surface area contributed by atoms with E-state index in [0.29, 0.717) is 12.5 Å². The van der Waals surface area contributed by atoms with Gasteiger partial charge in [0.2, 0.25) is 5.95 Å². The number of hydrogen-bond acceptors (Lipinski definition) is 5. The van der Waals surface area contributed by atoms with Gasteiger partial charge >= 0.3 is 0 Å². The van der Waals surface area contributed by atoms with Gasteiger partial charge in [-0.05, 0) is 41.4 Å². The Bertz CT molecular complexity index is 570. The summed E-state index contributed by atoms with van der Waals surface area (Å²) < 4.78 is 6.46. The quantitative estimate of drug-likeness (QED) is 0.871. The second-order valence-electron chi connectivity index (χ2n) is 4.66. The predicted molar refractivity (Wildman–Crippen MR) is 84.1 cm³/mol. The molecule has 2 heterocycles. The molecule has 0 spiro atoms. The summed E-state index contributed by atoms with van der Waals surface area (Å²) in [6.07, 6.45) is 2.81. The Labute approximate surface area is 127 Å². The van der Waals surface area contributed by atoms with E-state index in [1.807, 2.05) is 31.0 Å². The number of nitrogens with zero attached hydrogens (tertiary/aromatic N) is 3. The van der Waals surface area contributed by atoms with Crippen molar-refractivity contribution in [3.8, 4) is 0 Å².